The fourth-order valence-electron chi connectivity index (χ4n) is 2.16. The normalized spacial score (nSPS) is 11.6. The average Bonchev–Trinajstić information content (AvgIpc) is 2.67. The number of benzene rings is 1. The van der Waals surface area contributed by atoms with E-state index in [1.165, 1.54) is 4.68 Å². The van der Waals surface area contributed by atoms with Crippen LogP contribution in [0.5, 0.6) is 0 Å². The van der Waals surface area contributed by atoms with Crippen molar-refractivity contribution in [3.05, 3.63) is 51.4 Å². The van der Waals surface area contributed by atoms with Gasteiger partial charge in [-0.05, 0) is 18.6 Å². The highest BCUT2D eigenvalue weighted by Gasteiger charge is 2.29. The fraction of sp³-hybridized carbons (Fsp3) is 0.333. The molecule has 0 atom stereocenters. The maximum atomic E-state index is 12.4. The van der Waals surface area contributed by atoms with Crippen LogP contribution in [0.25, 0.3) is 5.69 Å². The van der Waals surface area contributed by atoms with E-state index in [1.807, 2.05) is 45.9 Å². The first kappa shape index (κ1) is 14.1. The Morgan fingerprint density at radius 2 is 1.85 bits per heavy atom. The molecule has 0 fully saturated rings. The SMILES string of the molecule is Cc1ccccc1-n1[nH]c(C(C)(C)C)c(C(=O)O)c1=O. The molecule has 2 aromatic rings. The van der Waals surface area contributed by atoms with E-state index in [9.17, 15) is 14.7 Å². The van der Waals surface area contributed by atoms with Crippen molar-refractivity contribution in [1.29, 1.82) is 0 Å². The molecule has 0 amide bonds. The predicted octanol–water partition coefficient (Wildman–Crippen LogP) is 2.47. The minimum Gasteiger partial charge on any atom is -0.477 e. The lowest BCUT2D eigenvalue weighted by molar-refractivity contribution is 0.0692. The maximum Gasteiger partial charge on any atom is 0.343 e. The Hall–Kier alpha value is -2.30. The molecule has 0 aliphatic carbocycles. The Morgan fingerprint density at radius 3 is 2.30 bits per heavy atom. The number of aromatic amines is 1. The van der Waals surface area contributed by atoms with Gasteiger partial charge in [-0.1, -0.05) is 39.0 Å². The van der Waals surface area contributed by atoms with Gasteiger partial charge in [-0.25, -0.2) is 9.48 Å². The summed E-state index contributed by atoms with van der Waals surface area (Å²) < 4.78 is 1.30. The van der Waals surface area contributed by atoms with E-state index < -0.39 is 16.9 Å². The monoisotopic (exact) mass is 274 g/mol. The van der Waals surface area contributed by atoms with Crippen LogP contribution in [0.4, 0.5) is 0 Å². The van der Waals surface area contributed by atoms with E-state index in [-0.39, 0.29) is 5.56 Å². The molecule has 0 saturated heterocycles. The van der Waals surface area contributed by atoms with Crippen molar-refractivity contribution in [2.24, 2.45) is 0 Å². The van der Waals surface area contributed by atoms with Crippen molar-refractivity contribution in [2.75, 3.05) is 0 Å². The summed E-state index contributed by atoms with van der Waals surface area (Å²) in [6.45, 7) is 7.48. The standard InChI is InChI=1S/C15H18N2O3/c1-9-7-5-6-8-10(9)17-13(18)11(14(19)20)12(16-17)15(2,3)4/h5-8,16H,1-4H3,(H,19,20). The lowest BCUT2D eigenvalue weighted by atomic mass is 9.89. The topological polar surface area (TPSA) is 75.1 Å². The quantitative estimate of drug-likeness (QED) is 0.883. The third kappa shape index (κ3) is 2.27. The molecule has 0 spiro atoms. The third-order valence-corrected chi connectivity index (χ3v) is 3.21. The molecule has 2 rings (SSSR count). The van der Waals surface area contributed by atoms with Gasteiger partial charge >= 0.3 is 5.97 Å². The highest BCUT2D eigenvalue weighted by atomic mass is 16.4. The van der Waals surface area contributed by atoms with E-state index >= 15 is 0 Å². The van der Waals surface area contributed by atoms with Gasteiger partial charge in [0.05, 0.1) is 11.4 Å². The number of aromatic carboxylic acids is 1. The zero-order valence-corrected chi connectivity index (χ0v) is 12.0. The van der Waals surface area contributed by atoms with Gasteiger partial charge in [-0.2, -0.15) is 0 Å². The summed E-state index contributed by atoms with van der Waals surface area (Å²) >= 11 is 0. The number of para-hydroxylation sites is 1. The predicted molar refractivity (Wildman–Crippen MR) is 76.8 cm³/mol. The van der Waals surface area contributed by atoms with Crippen LogP contribution in [0.1, 0.15) is 42.4 Å². The number of nitrogens with zero attached hydrogens (tertiary/aromatic N) is 1. The van der Waals surface area contributed by atoms with Crippen LogP contribution in [-0.4, -0.2) is 20.9 Å². The second-order valence-electron chi connectivity index (χ2n) is 5.84. The summed E-state index contributed by atoms with van der Waals surface area (Å²) in [4.78, 5) is 23.8. The van der Waals surface area contributed by atoms with Gasteiger partial charge in [0.15, 0.2) is 0 Å². The van der Waals surface area contributed by atoms with Crippen molar-refractivity contribution < 1.29 is 9.90 Å². The summed E-state index contributed by atoms with van der Waals surface area (Å²) in [6.07, 6.45) is 0. The first-order valence-electron chi connectivity index (χ1n) is 6.38. The number of hydrogen-bond donors (Lipinski definition) is 2. The lowest BCUT2D eigenvalue weighted by Crippen LogP contribution is -2.22. The number of aromatic nitrogens is 2. The average molecular weight is 274 g/mol. The van der Waals surface area contributed by atoms with E-state index in [0.29, 0.717) is 11.4 Å². The first-order valence-corrected chi connectivity index (χ1v) is 6.38. The van der Waals surface area contributed by atoms with Crippen molar-refractivity contribution in [2.45, 2.75) is 33.1 Å². The summed E-state index contributed by atoms with van der Waals surface area (Å²) in [6, 6.07) is 7.34. The molecule has 20 heavy (non-hydrogen) atoms. The molecule has 5 nitrogen and oxygen atoms in total. The van der Waals surface area contributed by atoms with Gasteiger partial charge in [0, 0.05) is 5.41 Å². The number of carboxylic acids is 1. The molecule has 5 heteroatoms. The molecule has 0 bridgehead atoms. The van der Waals surface area contributed by atoms with Gasteiger partial charge in [0.1, 0.15) is 5.56 Å². The number of rotatable bonds is 2. The summed E-state index contributed by atoms with van der Waals surface area (Å²) in [5.74, 6) is -1.21. The largest absolute Gasteiger partial charge is 0.477 e. The van der Waals surface area contributed by atoms with Crippen LogP contribution in [-0.2, 0) is 5.41 Å². The third-order valence-electron chi connectivity index (χ3n) is 3.21. The second-order valence-corrected chi connectivity index (χ2v) is 5.84. The van der Waals surface area contributed by atoms with Crippen LogP contribution in [0.3, 0.4) is 0 Å². The molecule has 0 unspecified atom stereocenters. The number of H-pyrrole nitrogens is 1. The van der Waals surface area contributed by atoms with Crippen LogP contribution < -0.4 is 5.56 Å². The lowest BCUT2D eigenvalue weighted by Gasteiger charge is -2.17. The molecular weight excluding hydrogens is 256 g/mol. The van der Waals surface area contributed by atoms with Gasteiger partial charge < -0.3 is 5.11 Å². The van der Waals surface area contributed by atoms with Gasteiger partial charge in [0.2, 0.25) is 0 Å². The second kappa shape index (κ2) is 4.67. The number of aryl methyl sites for hydroxylation is 1. The van der Waals surface area contributed by atoms with Crippen LogP contribution in [0.15, 0.2) is 29.1 Å². The molecule has 0 saturated carbocycles. The number of carbonyl (C=O) groups is 1. The fourth-order valence-corrected chi connectivity index (χ4v) is 2.16. The minimum absolute atomic E-state index is 0.194. The molecule has 106 valence electrons. The highest BCUT2D eigenvalue weighted by molar-refractivity contribution is 5.89. The van der Waals surface area contributed by atoms with Gasteiger partial charge in [0.25, 0.3) is 5.56 Å². The molecule has 0 aliphatic heterocycles. The van der Waals surface area contributed by atoms with E-state index in [4.69, 9.17) is 0 Å². The van der Waals surface area contributed by atoms with Crippen LogP contribution >= 0.6 is 0 Å². The number of hydrogen-bond acceptors (Lipinski definition) is 2. The zero-order chi connectivity index (χ0) is 15.1. The maximum absolute atomic E-state index is 12.4. The molecule has 1 aromatic heterocycles. The highest BCUT2D eigenvalue weighted by Crippen LogP contribution is 2.23. The number of carboxylic acid groups (broad SMARTS) is 1. The summed E-state index contributed by atoms with van der Waals surface area (Å²) in [5, 5.41) is 12.3. The van der Waals surface area contributed by atoms with E-state index in [2.05, 4.69) is 5.10 Å². The van der Waals surface area contributed by atoms with Crippen molar-refractivity contribution in [3.8, 4) is 5.69 Å². The zero-order valence-electron chi connectivity index (χ0n) is 12.0. The Bertz CT molecular complexity index is 717. The van der Waals surface area contributed by atoms with Crippen molar-refractivity contribution in [1.82, 2.24) is 9.78 Å². The van der Waals surface area contributed by atoms with Crippen LogP contribution in [0.2, 0.25) is 0 Å². The smallest absolute Gasteiger partial charge is 0.343 e. The molecular formula is C15H18N2O3. The first-order chi connectivity index (χ1) is 9.23. The van der Waals surface area contributed by atoms with Gasteiger partial charge in [-0.3, -0.25) is 9.89 Å². The summed E-state index contributed by atoms with van der Waals surface area (Å²) in [7, 11) is 0. The Balaban J connectivity index is 2.79. The Kier molecular flexibility index (Phi) is 3.29. The molecule has 0 radical (unpaired) electrons. The van der Waals surface area contributed by atoms with E-state index in [1.54, 1.807) is 6.07 Å². The van der Waals surface area contributed by atoms with Gasteiger partial charge in [-0.15, -0.1) is 0 Å². The van der Waals surface area contributed by atoms with Crippen molar-refractivity contribution >= 4 is 5.97 Å². The molecule has 0 aliphatic rings. The molecule has 1 aromatic carbocycles. The van der Waals surface area contributed by atoms with E-state index in [0.717, 1.165) is 5.56 Å². The Morgan fingerprint density at radius 1 is 1.25 bits per heavy atom. The molecule has 1 heterocycles. The van der Waals surface area contributed by atoms with Crippen LogP contribution in [0, 0.1) is 6.92 Å². The molecule has 2 N–H and O–H groups in total. The Labute approximate surface area is 116 Å². The minimum atomic E-state index is -1.21. The summed E-state index contributed by atoms with van der Waals surface area (Å²) in [5.41, 5.74) is 0.806. The van der Waals surface area contributed by atoms with Crippen molar-refractivity contribution in [3.63, 3.8) is 0 Å². The number of nitrogens with one attached hydrogen (secondary N) is 1.